The summed E-state index contributed by atoms with van der Waals surface area (Å²) in [5.41, 5.74) is 7.72. The smallest absolute Gasteiger partial charge is 0.203 e. The minimum absolute atomic E-state index is 0. The molecule has 0 radical (unpaired) electrons. The van der Waals surface area contributed by atoms with Crippen molar-refractivity contribution in [3.8, 4) is 56.9 Å². The number of piperidine rings is 1. The molecule has 1 fully saturated rings. The van der Waals surface area contributed by atoms with Gasteiger partial charge in [-0.05, 0) is 96.2 Å². The van der Waals surface area contributed by atoms with Crippen LogP contribution in [0.3, 0.4) is 0 Å². The van der Waals surface area contributed by atoms with Crippen LogP contribution in [0.2, 0.25) is 0 Å². The molecule has 1 saturated heterocycles. The lowest BCUT2D eigenvalue weighted by Crippen LogP contribution is -2.44. The first-order valence-electron chi connectivity index (χ1n) is 17.6. The summed E-state index contributed by atoms with van der Waals surface area (Å²) in [6.45, 7) is 4.64. The van der Waals surface area contributed by atoms with Gasteiger partial charge in [0.05, 0.1) is 48.4 Å². The Morgan fingerprint density at radius 2 is 1.07 bits per heavy atom. The normalized spacial score (nSPS) is 12.8. The monoisotopic (exact) mass is 811 g/mol. The maximum Gasteiger partial charge on any atom is 0.203 e. The van der Waals surface area contributed by atoms with Crippen LogP contribution >= 0.6 is 37.2 Å². The van der Waals surface area contributed by atoms with Gasteiger partial charge < -0.3 is 28.4 Å². The van der Waals surface area contributed by atoms with Gasteiger partial charge in [0.15, 0.2) is 23.0 Å². The molecule has 2 heterocycles. The first-order chi connectivity index (χ1) is 25.5. The molecule has 0 bridgehead atoms. The molecule has 6 rings (SSSR count). The van der Waals surface area contributed by atoms with E-state index < -0.39 is 0 Å². The van der Waals surface area contributed by atoms with E-state index in [1.54, 1.807) is 42.7 Å². The fourth-order valence-electron chi connectivity index (χ4n) is 7.12. The molecule has 1 aliphatic rings. The molecule has 0 atom stereocenters. The van der Waals surface area contributed by atoms with Crippen LogP contribution in [-0.4, -0.2) is 76.6 Å². The van der Waals surface area contributed by atoms with Gasteiger partial charge in [-0.2, -0.15) is 0 Å². The molecular formula is C43H52Cl3N3O6. The average Bonchev–Trinajstić information content (AvgIpc) is 3.20. The Bertz CT molecular complexity index is 1890. The van der Waals surface area contributed by atoms with Crippen molar-refractivity contribution in [2.24, 2.45) is 0 Å². The van der Waals surface area contributed by atoms with Crippen LogP contribution in [0.15, 0.2) is 97.2 Å². The quantitative estimate of drug-likeness (QED) is 0.103. The van der Waals surface area contributed by atoms with Gasteiger partial charge in [-0.3, -0.25) is 14.8 Å². The molecule has 12 heteroatoms. The van der Waals surface area contributed by atoms with Crippen molar-refractivity contribution in [2.45, 2.75) is 38.5 Å². The van der Waals surface area contributed by atoms with Crippen molar-refractivity contribution in [1.29, 1.82) is 0 Å². The molecule has 0 unspecified atom stereocenters. The van der Waals surface area contributed by atoms with Gasteiger partial charge >= 0.3 is 0 Å². The van der Waals surface area contributed by atoms with Gasteiger partial charge in [0.1, 0.15) is 0 Å². The number of pyridine rings is 1. The van der Waals surface area contributed by atoms with Gasteiger partial charge in [0.2, 0.25) is 11.5 Å². The molecule has 4 aromatic carbocycles. The zero-order chi connectivity index (χ0) is 36.5. The number of likely N-dealkylation sites (tertiary alicyclic amines) is 1. The molecule has 0 amide bonds. The highest BCUT2D eigenvalue weighted by atomic mass is 35.5. The fourth-order valence-corrected chi connectivity index (χ4v) is 7.12. The third kappa shape index (κ3) is 10.9. The van der Waals surface area contributed by atoms with E-state index in [2.05, 4.69) is 81.5 Å². The lowest BCUT2D eigenvalue weighted by Gasteiger charge is -2.39. The summed E-state index contributed by atoms with van der Waals surface area (Å²) in [5.74, 6) is 3.67. The van der Waals surface area contributed by atoms with E-state index in [0.717, 1.165) is 67.9 Å². The average molecular weight is 813 g/mol. The van der Waals surface area contributed by atoms with Crippen molar-refractivity contribution < 1.29 is 28.4 Å². The Labute approximate surface area is 344 Å². The van der Waals surface area contributed by atoms with Crippen LogP contribution < -0.4 is 28.4 Å². The number of halogens is 3. The first kappa shape index (κ1) is 45.0. The maximum atomic E-state index is 5.64. The third-order valence-electron chi connectivity index (χ3n) is 9.80. The van der Waals surface area contributed by atoms with Gasteiger partial charge in [-0.15, -0.1) is 37.2 Å². The zero-order valence-corrected chi connectivity index (χ0v) is 34.7. The van der Waals surface area contributed by atoms with Crippen molar-refractivity contribution in [3.63, 3.8) is 0 Å². The molecule has 0 saturated carbocycles. The largest absolute Gasteiger partial charge is 0.493 e. The summed E-state index contributed by atoms with van der Waals surface area (Å²) in [7, 11) is 9.79. The number of rotatable bonds is 15. The van der Waals surface area contributed by atoms with Crippen molar-refractivity contribution in [1.82, 2.24) is 14.8 Å². The van der Waals surface area contributed by atoms with Crippen molar-refractivity contribution >= 4 is 37.2 Å². The van der Waals surface area contributed by atoms with Crippen molar-refractivity contribution in [2.75, 3.05) is 55.7 Å². The molecule has 55 heavy (non-hydrogen) atoms. The molecular weight excluding hydrogens is 761 g/mol. The van der Waals surface area contributed by atoms with E-state index in [1.165, 1.54) is 16.7 Å². The molecule has 5 aromatic rings. The summed E-state index contributed by atoms with van der Waals surface area (Å²) in [5, 5.41) is 0. The van der Waals surface area contributed by atoms with Crippen LogP contribution in [0.5, 0.6) is 34.5 Å². The lowest BCUT2D eigenvalue weighted by atomic mass is 9.98. The SMILES string of the molecule is COc1cc(-c2cccc(CN(Cc3ccccc3)C3CCN(Cc4ccnc(-c5cc(OC)c(OC)c(OC)c5)c4)CC3)c2)cc(OC)c1OC.Cl.Cl.Cl. The van der Waals surface area contributed by atoms with Crippen molar-refractivity contribution in [3.05, 3.63) is 114 Å². The number of ether oxygens (including phenoxy) is 6. The van der Waals surface area contributed by atoms with Crippen LogP contribution in [0.25, 0.3) is 22.4 Å². The zero-order valence-electron chi connectivity index (χ0n) is 32.3. The Morgan fingerprint density at radius 1 is 0.545 bits per heavy atom. The predicted molar refractivity (Wildman–Crippen MR) is 227 cm³/mol. The van der Waals surface area contributed by atoms with E-state index in [-0.39, 0.29) is 37.2 Å². The summed E-state index contributed by atoms with van der Waals surface area (Å²) < 4.78 is 33.5. The van der Waals surface area contributed by atoms with Gasteiger partial charge in [0, 0.05) is 37.4 Å². The second-order valence-electron chi connectivity index (χ2n) is 13.0. The third-order valence-corrected chi connectivity index (χ3v) is 9.80. The molecule has 0 N–H and O–H groups in total. The Balaban J connectivity index is 0.00000271. The van der Waals surface area contributed by atoms with Crippen LogP contribution in [0.4, 0.5) is 0 Å². The highest BCUT2D eigenvalue weighted by Gasteiger charge is 2.26. The maximum absolute atomic E-state index is 5.64. The first-order valence-corrected chi connectivity index (χ1v) is 17.6. The molecule has 0 spiro atoms. The lowest BCUT2D eigenvalue weighted by molar-refractivity contribution is 0.0933. The number of hydrogen-bond acceptors (Lipinski definition) is 9. The van der Waals surface area contributed by atoms with Gasteiger partial charge in [0.25, 0.3) is 0 Å². The second-order valence-corrected chi connectivity index (χ2v) is 13.0. The number of hydrogen-bond donors (Lipinski definition) is 0. The minimum Gasteiger partial charge on any atom is -0.493 e. The molecule has 1 aromatic heterocycles. The molecule has 9 nitrogen and oxygen atoms in total. The summed E-state index contributed by atoms with van der Waals surface area (Å²) in [6, 6.07) is 32.2. The highest BCUT2D eigenvalue weighted by molar-refractivity contribution is 5.86. The molecule has 296 valence electrons. The molecule has 0 aliphatic carbocycles. The second kappa shape index (κ2) is 21.6. The summed E-state index contributed by atoms with van der Waals surface area (Å²) in [4.78, 5) is 9.88. The number of benzene rings is 4. The van der Waals surface area contributed by atoms with E-state index in [0.29, 0.717) is 40.5 Å². The van der Waals surface area contributed by atoms with E-state index in [1.807, 2.05) is 30.5 Å². The van der Waals surface area contributed by atoms with Crippen LogP contribution in [0.1, 0.15) is 29.5 Å². The Kier molecular flexibility index (Phi) is 17.7. The van der Waals surface area contributed by atoms with Crippen LogP contribution in [0, 0.1) is 0 Å². The summed E-state index contributed by atoms with van der Waals surface area (Å²) >= 11 is 0. The Morgan fingerprint density at radius 3 is 1.62 bits per heavy atom. The molecule has 1 aliphatic heterocycles. The summed E-state index contributed by atoms with van der Waals surface area (Å²) in [6.07, 6.45) is 4.06. The van der Waals surface area contributed by atoms with E-state index in [4.69, 9.17) is 28.4 Å². The fraction of sp³-hybridized carbons (Fsp3) is 0.326. The van der Waals surface area contributed by atoms with E-state index in [9.17, 15) is 0 Å². The minimum atomic E-state index is 0. The Hall–Kier alpha value is -4.38. The standard InChI is InChI=1S/C43H49N3O6.3ClH/c1-47-38-23-34(24-39(48-2)42(38)51-5)33-14-10-13-31(21-33)29-46(28-30-11-8-7-9-12-30)36-16-19-45(20-17-36)27-32-15-18-44-37(22-32)35-25-40(49-3)43(52-6)41(26-35)50-4;;;/h7-15,18,21-26,36H,16-17,19-20,27-29H2,1-6H3;3*1H. The van der Waals surface area contributed by atoms with E-state index >= 15 is 0 Å². The van der Waals surface area contributed by atoms with Crippen LogP contribution in [-0.2, 0) is 19.6 Å². The number of methoxy groups -OCH3 is 6. The topological polar surface area (TPSA) is 74.8 Å². The van der Waals surface area contributed by atoms with Gasteiger partial charge in [-0.25, -0.2) is 0 Å². The number of aromatic nitrogens is 1. The predicted octanol–water partition coefficient (Wildman–Crippen LogP) is 9.40. The number of nitrogens with zero attached hydrogens (tertiary/aromatic N) is 3. The van der Waals surface area contributed by atoms with Gasteiger partial charge in [-0.1, -0.05) is 48.5 Å². The highest BCUT2D eigenvalue weighted by Crippen LogP contribution is 2.42.